The van der Waals surface area contributed by atoms with Crippen molar-refractivity contribution in [2.24, 2.45) is 5.92 Å². The number of carboxylic acids is 1. The largest absolute Gasteiger partial charge is 0.480 e. The molecule has 5 heteroatoms. The van der Waals surface area contributed by atoms with Crippen molar-refractivity contribution in [1.29, 1.82) is 0 Å². The predicted molar refractivity (Wildman–Crippen MR) is 74.3 cm³/mol. The van der Waals surface area contributed by atoms with Crippen molar-refractivity contribution in [3.05, 3.63) is 0 Å². The van der Waals surface area contributed by atoms with Gasteiger partial charge in [-0.2, -0.15) is 0 Å². The van der Waals surface area contributed by atoms with Crippen molar-refractivity contribution < 1.29 is 14.7 Å². The van der Waals surface area contributed by atoms with Crippen molar-refractivity contribution in [3.8, 4) is 0 Å². The lowest BCUT2D eigenvalue weighted by atomic mass is 9.85. The number of nitrogens with zero attached hydrogens (tertiary/aromatic N) is 2. The molecular formula is C15H24N2O3. The third kappa shape index (κ3) is 2.55. The monoisotopic (exact) mass is 280 g/mol. The number of likely N-dealkylation sites (tertiary alicyclic amines) is 1. The minimum atomic E-state index is -0.763. The number of rotatable bonds is 4. The second kappa shape index (κ2) is 5.35. The maximum absolute atomic E-state index is 12.3. The summed E-state index contributed by atoms with van der Waals surface area (Å²) in [5.74, 6) is -0.199. The molecule has 3 rings (SSSR count). The molecule has 1 saturated heterocycles. The van der Waals surface area contributed by atoms with E-state index in [2.05, 4.69) is 0 Å². The maximum Gasteiger partial charge on any atom is 0.320 e. The molecule has 112 valence electrons. The SMILES string of the molecule is CN(C(=O)CN1C(C(=O)O)CC2CCCCC21)C1CC1. The summed E-state index contributed by atoms with van der Waals surface area (Å²) in [5, 5.41) is 9.44. The molecule has 0 aromatic carbocycles. The Kier molecular flexibility index (Phi) is 3.71. The van der Waals surface area contributed by atoms with Gasteiger partial charge in [0.05, 0.1) is 6.54 Å². The minimum Gasteiger partial charge on any atom is -0.480 e. The number of carbonyl (C=O) groups excluding carboxylic acids is 1. The molecule has 20 heavy (non-hydrogen) atoms. The van der Waals surface area contributed by atoms with E-state index in [9.17, 15) is 14.7 Å². The number of amides is 1. The number of carboxylic acid groups (broad SMARTS) is 1. The molecule has 2 aliphatic carbocycles. The summed E-state index contributed by atoms with van der Waals surface area (Å²) in [7, 11) is 1.85. The van der Waals surface area contributed by atoms with E-state index in [0.29, 0.717) is 18.0 Å². The van der Waals surface area contributed by atoms with Gasteiger partial charge in [-0.05, 0) is 38.0 Å². The van der Waals surface area contributed by atoms with E-state index in [1.54, 1.807) is 0 Å². The molecule has 1 amide bonds. The van der Waals surface area contributed by atoms with Gasteiger partial charge in [-0.25, -0.2) is 0 Å². The molecule has 3 aliphatic rings. The topological polar surface area (TPSA) is 60.9 Å². The van der Waals surface area contributed by atoms with Gasteiger partial charge in [0.2, 0.25) is 5.91 Å². The molecule has 3 unspecified atom stereocenters. The highest BCUT2D eigenvalue weighted by Gasteiger charge is 2.46. The zero-order valence-electron chi connectivity index (χ0n) is 12.1. The average Bonchev–Trinajstić information content (AvgIpc) is 3.21. The van der Waals surface area contributed by atoms with Gasteiger partial charge >= 0.3 is 5.97 Å². The second-order valence-electron chi connectivity index (χ2n) is 6.61. The Balaban J connectivity index is 1.70. The van der Waals surface area contributed by atoms with E-state index < -0.39 is 12.0 Å². The van der Waals surface area contributed by atoms with E-state index in [-0.39, 0.29) is 12.5 Å². The van der Waals surface area contributed by atoms with Gasteiger partial charge in [-0.15, -0.1) is 0 Å². The fraction of sp³-hybridized carbons (Fsp3) is 0.867. The van der Waals surface area contributed by atoms with Gasteiger partial charge in [-0.1, -0.05) is 12.8 Å². The molecule has 5 nitrogen and oxygen atoms in total. The summed E-state index contributed by atoms with van der Waals surface area (Å²) in [6.45, 7) is 0.283. The summed E-state index contributed by atoms with van der Waals surface area (Å²) in [6.07, 6.45) is 7.45. The number of carbonyl (C=O) groups is 2. The summed E-state index contributed by atoms with van der Waals surface area (Å²) in [5.41, 5.74) is 0. The lowest BCUT2D eigenvalue weighted by Gasteiger charge is -2.33. The first-order chi connectivity index (χ1) is 9.58. The van der Waals surface area contributed by atoms with Crippen molar-refractivity contribution in [1.82, 2.24) is 9.80 Å². The number of aliphatic carboxylic acids is 1. The number of fused-ring (bicyclic) bond motifs is 1. The van der Waals surface area contributed by atoms with Crippen LogP contribution in [0.15, 0.2) is 0 Å². The van der Waals surface area contributed by atoms with Crippen LogP contribution in [-0.2, 0) is 9.59 Å². The van der Waals surface area contributed by atoms with Crippen LogP contribution in [0.3, 0.4) is 0 Å². The standard InChI is InChI=1S/C15H24N2O3/c1-16(11-6-7-11)14(18)9-17-12-5-3-2-4-10(12)8-13(17)15(19)20/h10-13H,2-9H2,1H3,(H,19,20). The van der Waals surface area contributed by atoms with Crippen molar-refractivity contribution in [2.45, 2.75) is 63.1 Å². The molecule has 2 saturated carbocycles. The molecule has 0 aromatic rings. The Morgan fingerprint density at radius 2 is 1.90 bits per heavy atom. The number of hydrogen-bond acceptors (Lipinski definition) is 3. The van der Waals surface area contributed by atoms with Crippen molar-refractivity contribution >= 4 is 11.9 Å². The van der Waals surface area contributed by atoms with E-state index >= 15 is 0 Å². The molecule has 0 aromatic heterocycles. The quantitative estimate of drug-likeness (QED) is 0.844. The smallest absolute Gasteiger partial charge is 0.320 e. The van der Waals surface area contributed by atoms with Gasteiger partial charge in [-0.3, -0.25) is 14.5 Å². The van der Waals surface area contributed by atoms with Crippen molar-refractivity contribution in [3.63, 3.8) is 0 Å². The molecule has 0 radical (unpaired) electrons. The third-order valence-electron chi connectivity index (χ3n) is 5.31. The average molecular weight is 280 g/mol. The highest BCUT2D eigenvalue weighted by Crippen LogP contribution is 2.39. The highest BCUT2D eigenvalue weighted by atomic mass is 16.4. The van der Waals surface area contributed by atoms with Crippen LogP contribution in [0.5, 0.6) is 0 Å². The molecule has 3 atom stereocenters. The number of likely N-dealkylation sites (N-methyl/N-ethyl adjacent to an activating group) is 1. The summed E-state index contributed by atoms with van der Waals surface area (Å²) in [6, 6.07) is 0.247. The Bertz CT molecular complexity index is 408. The van der Waals surface area contributed by atoms with Crippen LogP contribution in [-0.4, -0.2) is 58.5 Å². The first kappa shape index (κ1) is 13.9. The van der Waals surface area contributed by atoms with Crippen LogP contribution in [0.4, 0.5) is 0 Å². The van der Waals surface area contributed by atoms with Gasteiger partial charge in [0.15, 0.2) is 0 Å². The van der Waals surface area contributed by atoms with E-state index in [1.807, 2.05) is 16.8 Å². The first-order valence-electron chi connectivity index (χ1n) is 7.82. The summed E-state index contributed by atoms with van der Waals surface area (Å²) >= 11 is 0. The molecule has 0 spiro atoms. The van der Waals surface area contributed by atoms with E-state index in [0.717, 1.165) is 38.5 Å². The van der Waals surface area contributed by atoms with E-state index in [1.165, 1.54) is 6.42 Å². The van der Waals surface area contributed by atoms with Crippen molar-refractivity contribution in [2.75, 3.05) is 13.6 Å². The maximum atomic E-state index is 12.3. The highest BCUT2D eigenvalue weighted by molar-refractivity contribution is 5.80. The lowest BCUT2D eigenvalue weighted by Crippen LogP contribution is -2.48. The third-order valence-corrected chi connectivity index (χ3v) is 5.31. The Morgan fingerprint density at radius 3 is 2.55 bits per heavy atom. The molecule has 3 fully saturated rings. The molecular weight excluding hydrogens is 256 g/mol. The van der Waals surface area contributed by atoms with Gasteiger partial charge in [0.25, 0.3) is 0 Å². The fourth-order valence-corrected chi connectivity index (χ4v) is 3.96. The summed E-state index contributed by atoms with van der Waals surface area (Å²) in [4.78, 5) is 27.6. The van der Waals surface area contributed by atoms with Crippen LogP contribution in [0.25, 0.3) is 0 Å². The predicted octanol–water partition coefficient (Wildman–Crippen LogP) is 1.32. The van der Waals surface area contributed by atoms with Crippen LogP contribution in [0, 0.1) is 5.92 Å². The van der Waals surface area contributed by atoms with Gasteiger partial charge < -0.3 is 10.0 Å². The Labute approximate surface area is 119 Å². The fourth-order valence-electron chi connectivity index (χ4n) is 3.96. The zero-order chi connectivity index (χ0) is 14.3. The second-order valence-corrected chi connectivity index (χ2v) is 6.61. The summed E-state index contributed by atoms with van der Waals surface area (Å²) < 4.78 is 0. The minimum absolute atomic E-state index is 0.0879. The zero-order valence-corrected chi connectivity index (χ0v) is 12.1. The molecule has 1 N–H and O–H groups in total. The Morgan fingerprint density at radius 1 is 1.20 bits per heavy atom. The first-order valence-corrected chi connectivity index (χ1v) is 7.82. The molecule has 1 aliphatic heterocycles. The van der Waals surface area contributed by atoms with Gasteiger partial charge in [0.1, 0.15) is 6.04 Å². The van der Waals surface area contributed by atoms with Crippen LogP contribution >= 0.6 is 0 Å². The number of hydrogen-bond donors (Lipinski definition) is 1. The Hall–Kier alpha value is -1.10. The molecule has 1 heterocycles. The normalized spacial score (nSPS) is 33.8. The lowest BCUT2D eigenvalue weighted by molar-refractivity contribution is -0.144. The van der Waals surface area contributed by atoms with E-state index in [4.69, 9.17) is 0 Å². The van der Waals surface area contributed by atoms with Crippen LogP contribution in [0.1, 0.15) is 44.9 Å². The molecule has 0 bridgehead atoms. The van der Waals surface area contributed by atoms with Crippen LogP contribution in [0.2, 0.25) is 0 Å². The van der Waals surface area contributed by atoms with Gasteiger partial charge in [0, 0.05) is 19.1 Å². The van der Waals surface area contributed by atoms with Crippen LogP contribution < -0.4 is 0 Å².